The largest absolute Gasteiger partial charge is 0.346 e. The van der Waals surface area contributed by atoms with Crippen molar-refractivity contribution in [3.05, 3.63) is 23.8 Å². The van der Waals surface area contributed by atoms with Gasteiger partial charge in [0.15, 0.2) is 0 Å². The van der Waals surface area contributed by atoms with Crippen LogP contribution in [0.4, 0.5) is 10.5 Å². The quantitative estimate of drug-likeness (QED) is 0.378. The highest BCUT2D eigenvalue weighted by atomic mass is 32.1. The molecule has 3 aliphatic heterocycles. The number of fused-ring (bicyclic) bond motifs is 3. The number of hydrogen-bond donors (Lipinski definition) is 5. The highest BCUT2D eigenvalue weighted by Gasteiger charge is 2.35. The van der Waals surface area contributed by atoms with Crippen LogP contribution >= 0.6 is 12.6 Å². The monoisotopic (exact) mass is 415 g/mol. The number of benzene rings is 1. The molecule has 2 bridgehead atoms. The number of hydrogen-bond acceptors (Lipinski definition) is 5. The summed E-state index contributed by atoms with van der Waals surface area (Å²) >= 11 is 4.45. The predicted molar refractivity (Wildman–Crippen MR) is 116 cm³/mol. The summed E-state index contributed by atoms with van der Waals surface area (Å²) in [6, 6.07) is 5.20. The van der Waals surface area contributed by atoms with Crippen LogP contribution in [0.1, 0.15) is 44.1 Å². The Morgan fingerprint density at radius 3 is 2.41 bits per heavy atom. The number of urea groups is 1. The Balaban J connectivity index is 1.34. The van der Waals surface area contributed by atoms with Crippen molar-refractivity contribution in [2.75, 3.05) is 25.0 Å². The van der Waals surface area contributed by atoms with Crippen molar-refractivity contribution < 1.29 is 9.59 Å². The van der Waals surface area contributed by atoms with E-state index in [1.165, 1.54) is 0 Å². The van der Waals surface area contributed by atoms with E-state index in [4.69, 9.17) is 5.41 Å². The number of carbonyl (C=O) groups is 2. The third-order valence-electron chi connectivity index (χ3n) is 6.42. The summed E-state index contributed by atoms with van der Waals surface area (Å²) in [7, 11) is 0. The second-order valence-corrected chi connectivity index (χ2v) is 8.89. The van der Waals surface area contributed by atoms with Gasteiger partial charge < -0.3 is 20.9 Å². The van der Waals surface area contributed by atoms with Crippen molar-refractivity contribution in [3.63, 3.8) is 0 Å². The molecule has 1 aliphatic carbocycles. The first-order valence-corrected chi connectivity index (χ1v) is 11.0. The van der Waals surface area contributed by atoms with Gasteiger partial charge in [0.1, 0.15) is 5.71 Å². The number of amides is 3. The molecule has 0 radical (unpaired) electrons. The SMILES string of the molecule is N=C(C(=O)N[C@@H]1CN2CCC1CC2)c1ccc(NC(=O)NC2CCCC2)cc1S. The van der Waals surface area contributed by atoms with Crippen molar-refractivity contribution in [2.45, 2.75) is 55.5 Å². The molecule has 0 spiro atoms. The minimum Gasteiger partial charge on any atom is -0.346 e. The van der Waals surface area contributed by atoms with Crippen LogP contribution in [0.25, 0.3) is 0 Å². The molecule has 1 aromatic rings. The number of anilines is 1. The molecule has 1 atom stereocenters. The Morgan fingerprint density at radius 2 is 1.79 bits per heavy atom. The van der Waals surface area contributed by atoms with Gasteiger partial charge in [-0.25, -0.2) is 4.79 Å². The number of nitrogens with zero attached hydrogens (tertiary/aromatic N) is 1. The molecule has 1 aromatic carbocycles. The van der Waals surface area contributed by atoms with Gasteiger partial charge in [-0.2, -0.15) is 0 Å². The highest BCUT2D eigenvalue weighted by Crippen LogP contribution is 2.28. The van der Waals surface area contributed by atoms with Gasteiger partial charge in [0.05, 0.1) is 0 Å². The van der Waals surface area contributed by atoms with E-state index in [1.807, 2.05) is 0 Å². The van der Waals surface area contributed by atoms with Gasteiger partial charge in [-0.1, -0.05) is 12.8 Å². The molecule has 4 fully saturated rings. The molecule has 7 nitrogen and oxygen atoms in total. The number of rotatable bonds is 5. The lowest BCUT2D eigenvalue weighted by molar-refractivity contribution is -0.116. The Labute approximate surface area is 176 Å². The first-order chi connectivity index (χ1) is 14.0. The summed E-state index contributed by atoms with van der Waals surface area (Å²) in [4.78, 5) is 27.6. The summed E-state index contributed by atoms with van der Waals surface area (Å²) in [6.07, 6.45) is 6.58. The first kappa shape index (κ1) is 20.2. The summed E-state index contributed by atoms with van der Waals surface area (Å²) in [5, 5.41) is 17.1. The maximum absolute atomic E-state index is 12.6. The number of piperidine rings is 3. The van der Waals surface area contributed by atoms with E-state index in [9.17, 15) is 9.59 Å². The molecule has 4 N–H and O–H groups in total. The molecular formula is C21H29N5O2S. The summed E-state index contributed by atoms with van der Waals surface area (Å²) in [5.41, 5.74) is 0.974. The molecule has 3 saturated heterocycles. The topological polar surface area (TPSA) is 97.3 Å². The van der Waals surface area contributed by atoms with Crippen molar-refractivity contribution in [2.24, 2.45) is 5.92 Å². The van der Waals surface area contributed by atoms with Crippen LogP contribution in [-0.4, -0.2) is 54.3 Å². The zero-order chi connectivity index (χ0) is 20.4. The lowest BCUT2D eigenvalue weighted by Crippen LogP contribution is -2.58. The summed E-state index contributed by atoms with van der Waals surface area (Å²) < 4.78 is 0. The fourth-order valence-electron chi connectivity index (χ4n) is 4.74. The van der Waals surface area contributed by atoms with E-state index < -0.39 is 0 Å². The maximum Gasteiger partial charge on any atom is 0.319 e. The molecule has 8 heteroatoms. The smallest absolute Gasteiger partial charge is 0.319 e. The van der Waals surface area contributed by atoms with Gasteiger partial charge in [0.25, 0.3) is 5.91 Å². The van der Waals surface area contributed by atoms with Crippen LogP contribution in [0, 0.1) is 11.3 Å². The van der Waals surface area contributed by atoms with Gasteiger partial charge in [-0.3, -0.25) is 10.2 Å². The summed E-state index contributed by atoms with van der Waals surface area (Å²) in [6.45, 7) is 3.09. The maximum atomic E-state index is 12.6. The van der Waals surface area contributed by atoms with Crippen molar-refractivity contribution in [3.8, 4) is 0 Å². The van der Waals surface area contributed by atoms with Gasteiger partial charge in [-0.05, 0) is 62.9 Å². The van der Waals surface area contributed by atoms with Gasteiger partial charge in [-0.15, -0.1) is 12.6 Å². The molecule has 156 valence electrons. The van der Waals surface area contributed by atoms with Crippen molar-refractivity contribution >= 4 is 36.0 Å². The standard InChI is InChI=1S/C21H29N5O2S/c22-19(20(27)25-17-12-26-9-7-13(17)8-10-26)16-6-5-15(11-18(16)29)24-21(28)23-14-3-1-2-4-14/h5-6,11,13-14,17,22,29H,1-4,7-10,12H2,(H,25,27)(H2,23,24,28)/t17-/m1/s1. The van der Waals surface area contributed by atoms with E-state index in [0.29, 0.717) is 22.1 Å². The predicted octanol–water partition coefficient (Wildman–Crippen LogP) is 2.62. The molecule has 0 unspecified atom stereocenters. The third kappa shape index (κ3) is 4.75. The Hall–Kier alpha value is -2.06. The van der Waals surface area contributed by atoms with E-state index in [-0.39, 0.29) is 29.7 Å². The van der Waals surface area contributed by atoms with Crippen molar-refractivity contribution in [1.29, 1.82) is 5.41 Å². The minimum atomic E-state index is -0.362. The Kier molecular flexibility index (Phi) is 6.10. The van der Waals surface area contributed by atoms with Crippen LogP contribution in [0.5, 0.6) is 0 Å². The average Bonchev–Trinajstić information content (AvgIpc) is 3.21. The Bertz CT molecular complexity index is 800. The van der Waals surface area contributed by atoms with Gasteiger partial charge in [0.2, 0.25) is 0 Å². The molecule has 29 heavy (non-hydrogen) atoms. The molecule has 5 rings (SSSR count). The minimum absolute atomic E-state index is 0.0894. The average molecular weight is 416 g/mol. The van der Waals surface area contributed by atoms with Crippen LogP contribution in [-0.2, 0) is 4.79 Å². The van der Waals surface area contributed by atoms with Crippen molar-refractivity contribution in [1.82, 2.24) is 15.5 Å². The fraction of sp³-hybridized carbons (Fsp3) is 0.571. The molecule has 0 aromatic heterocycles. The molecule has 3 heterocycles. The number of thiol groups is 1. The molecule has 3 amide bonds. The van der Waals surface area contributed by atoms with Crippen LogP contribution < -0.4 is 16.0 Å². The van der Waals surface area contributed by atoms with Crippen LogP contribution in [0.3, 0.4) is 0 Å². The third-order valence-corrected chi connectivity index (χ3v) is 6.79. The lowest BCUT2D eigenvalue weighted by Gasteiger charge is -2.44. The van der Waals surface area contributed by atoms with E-state index >= 15 is 0 Å². The molecular weight excluding hydrogens is 386 g/mol. The Morgan fingerprint density at radius 1 is 1.07 bits per heavy atom. The molecule has 4 aliphatic rings. The van der Waals surface area contributed by atoms with Crippen LogP contribution in [0.15, 0.2) is 23.1 Å². The van der Waals surface area contributed by atoms with E-state index in [0.717, 1.165) is 58.2 Å². The van der Waals surface area contributed by atoms with E-state index in [2.05, 4.69) is 33.5 Å². The lowest BCUT2D eigenvalue weighted by atomic mass is 9.84. The first-order valence-electron chi connectivity index (χ1n) is 10.5. The van der Waals surface area contributed by atoms with Gasteiger partial charge >= 0.3 is 6.03 Å². The highest BCUT2D eigenvalue weighted by molar-refractivity contribution is 7.80. The normalized spacial score (nSPS) is 26.2. The second kappa shape index (κ2) is 8.75. The second-order valence-electron chi connectivity index (χ2n) is 8.40. The zero-order valence-electron chi connectivity index (χ0n) is 16.5. The zero-order valence-corrected chi connectivity index (χ0v) is 17.4. The summed E-state index contributed by atoms with van der Waals surface area (Å²) in [5.74, 6) is 0.149. The number of nitrogens with one attached hydrogen (secondary N) is 4. The fourth-order valence-corrected chi connectivity index (χ4v) is 5.06. The van der Waals surface area contributed by atoms with Crippen LogP contribution in [0.2, 0.25) is 0 Å². The van der Waals surface area contributed by atoms with Gasteiger partial charge in [0, 0.05) is 34.8 Å². The number of carbonyl (C=O) groups excluding carboxylic acids is 2. The van der Waals surface area contributed by atoms with E-state index in [1.54, 1.807) is 18.2 Å². The molecule has 1 saturated carbocycles.